The molecule has 0 unspecified atom stereocenters. The van der Waals surface area contributed by atoms with Gasteiger partial charge in [-0.15, -0.1) is 0 Å². The molecule has 2 fully saturated rings. The molecular formula is C22H33N3O2. The van der Waals surface area contributed by atoms with Crippen molar-refractivity contribution in [1.29, 1.82) is 0 Å². The Bertz CT molecular complexity index is 665. The molecule has 3 rings (SSSR count). The standard InChI is InChI=1S/C22H33N3O2/c1-16-7-4-5-9-20(16)22(27)23-13-12-21(26)24-14-6-8-19(15-24)25-17(2)10-11-18(25)3/h4-5,7,9,17-19H,6,8,10-15H2,1-3H3,(H,23,27)/t17-,18+,19-/m0/s1. The topological polar surface area (TPSA) is 52.7 Å². The first-order valence-corrected chi connectivity index (χ1v) is 10.4. The van der Waals surface area contributed by atoms with E-state index >= 15 is 0 Å². The van der Waals surface area contributed by atoms with Crippen LogP contribution in [0.4, 0.5) is 0 Å². The molecule has 2 aliphatic heterocycles. The van der Waals surface area contributed by atoms with Gasteiger partial charge in [0.05, 0.1) is 0 Å². The van der Waals surface area contributed by atoms with Gasteiger partial charge in [0.2, 0.25) is 5.91 Å². The number of rotatable bonds is 5. The lowest BCUT2D eigenvalue weighted by Gasteiger charge is -2.41. The molecule has 2 saturated heterocycles. The average molecular weight is 372 g/mol. The van der Waals surface area contributed by atoms with E-state index in [1.54, 1.807) is 0 Å². The van der Waals surface area contributed by atoms with E-state index in [0.717, 1.165) is 25.1 Å². The summed E-state index contributed by atoms with van der Waals surface area (Å²) in [5.41, 5.74) is 1.63. The van der Waals surface area contributed by atoms with Crippen LogP contribution in [0.3, 0.4) is 0 Å². The van der Waals surface area contributed by atoms with Crippen LogP contribution in [0.1, 0.15) is 61.9 Å². The zero-order valence-electron chi connectivity index (χ0n) is 16.9. The van der Waals surface area contributed by atoms with Gasteiger partial charge in [-0.3, -0.25) is 14.5 Å². The fraction of sp³-hybridized carbons (Fsp3) is 0.636. The predicted octanol–water partition coefficient (Wildman–Crippen LogP) is 2.98. The lowest BCUT2D eigenvalue weighted by atomic mass is 10.0. The van der Waals surface area contributed by atoms with Gasteiger partial charge in [0.15, 0.2) is 0 Å². The number of nitrogens with zero attached hydrogens (tertiary/aromatic N) is 2. The molecule has 0 bridgehead atoms. The van der Waals surface area contributed by atoms with Crippen LogP contribution >= 0.6 is 0 Å². The summed E-state index contributed by atoms with van der Waals surface area (Å²) in [5, 5.41) is 2.89. The lowest BCUT2D eigenvalue weighted by molar-refractivity contribution is -0.133. The van der Waals surface area contributed by atoms with Crippen molar-refractivity contribution in [3.8, 4) is 0 Å². The van der Waals surface area contributed by atoms with Gasteiger partial charge in [0.25, 0.3) is 5.91 Å². The fourth-order valence-corrected chi connectivity index (χ4v) is 4.72. The molecule has 27 heavy (non-hydrogen) atoms. The maximum Gasteiger partial charge on any atom is 0.251 e. The first-order valence-electron chi connectivity index (χ1n) is 10.4. The average Bonchev–Trinajstić information content (AvgIpc) is 3.00. The number of benzene rings is 1. The SMILES string of the molecule is Cc1ccccc1C(=O)NCCC(=O)N1CCC[C@H](N2[C@H](C)CC[C@@H]2C)C1. The van der Waals surface area contributed by atoms with Crippen molar-refractivity contribution in [2.24, 2.45) is 0 Å². The Morgan fingerprint density at radius 2 is 1.81 bits per heavy atom. The van der Waals surface area contributed by atoms with Crippen molar-refractivity contribution in [3.05, 3.63) is 35.4 Å². The third kappa shape index (κ3) is 4.70. The minimum atomic E-state index is -0.0999. The van der Waals surface area contributed by atoms with Gasteiger partial charge in [-0.1, -0.05) is 18.2 Å². The summed E-state index contributed by atoms with van der Waals surface area (Å²) in [6, 6.07) is 9.25. The van der Waals surface area contributed by atoms with Crippen LogP contribution in [-0.4, -0.2) is 59.4 Å². The number of hydrogen-bond acceptors (Lipinski definition) is 3. The molecule has 3 atom stereocenters. The van der Waals surface area contributed by atoms with Gasteiger partial charge in [-0.25, -0.2) is 0 Å². The highest BCUT2D eigenvalue weighted by Crippen LogP contribution is 2.29. The molecule has 2 aliphatic rings. The third-order valence-corrected chi connectivity index (χ3v) is 6.21. The van der Waals surface area contributed by atoms with Crippen LogP contribution in [0.15, 0.2) is 24.3 Å². The number of carbonyl (C=O) groups is 2. The number of carbonyl (C=O) groups excluding carboxylic acids is 2. The smallest absolute Gasteiger partial charge is 0.251 e. The molecular weight excluding hydrogens is 338 g/mol. The highest BCUT2D eigenvalue weighted by atomic mass is 16.2. The molecule has 1 aromatic carbocycles. The summed E-state index contributed by atoms with van der Waals surface area (Å²) in [6.45, 7) is 8.62. The first-order chi connectivity index (χ1) is 13.0. The summed E-state index contributed by atoms with van der Waals surface area (Å²) in [7, 11) is 0. The van der Waals surface area contributed by atoms with Gasteiger partial charge in [0.1, 0.15) is 0 Å². The van der Waals surface area contributed by atoms with E-state index in [2.05, 4.69) is 24.1 Å². The molecule has 2 amide bonds. The Kier molecular flexibility index (Phi) is 6.53. The van der Waals surface area contributed by atoms with Crippen molar-refractivity contribution in [2.75, 3.05) is 19.6 Å². The summed E-state index contributed by atoms with van der Waals surface area (Å²) >= 11 is 0. The van der Waals surface area contributed by atoms with Crippen molar-refractivity contribution in [1.82, 2.24) is 15.1 Å². The fourth-order valence-electron chi connectivity index (χ4n) is 4.72. The minimum Gasteiger partial charge on any atom is -0.352 e. The van der Waals surface area contributed by atoms with E-state index in [-0.39, 0.29) is 11.8 Å². The zero-order chi connectivity index (χ0) is 19.4. The molecule has 148 valence electrons. The largest absolute Gasteiger partial charge is 0.352 e. The number of amides is 2. The van der Waals surface area contributed by atoms with Gasteiger partial charge in [-0.2, -0.15) is 0 Å². The van der Waals surface area contributed by atoms with Crippen LogP contribution in [0.25, 0.3) is 0 Å². The molecule has 0 aliphatic carbocycles. The van der Waals surface area contributed by atoms with E-state index in [4.69, 9.17) is 0 Å². The third-order valence-electron chi connectivity index (χ3n) is 6.21. The monoisotopic (exact) mass is 371 g/mol. The second-order valence-electron chi connectivity index (χ2n) is 8.18. The second-order valence-corrected chi connectivity index (χ2v) is 8.18. The molecule has 2 heterocycles. The number of nitrogens with one attached hydrogen (secondary N) is 1. The highest BCUT2D eigenvalue weighted by molar-refractivity contribution is 5.95. The van der Waals surface area contributed by atoms with Crippen molar-refractivity contribution >= 4 is 11.8 Å². The molecule has 1 N–H and O–H groups in total. The molecule has 0 aromatic heterocycles. The van der Waals surface area contributed by atoms with E-state index in [1.165, 1.54) is 19.3 Å². The van der Waals surface area contributed by atoms with Crippen LogP contribution in [0.2, 0.25) is 0 Å². The van der Waals surface area contributed by atoms with E-state index in [1.807, 2.05) is 36.1 Å². The van der Waals surface area contributed by atoms with Crippen molar-refractivity contribution in [3.63, 3.8) is 0 Å². The summed E-state index contributed by atoms with van der Waals surface area (Å²) < 4.78 is 0. The van der Waals surface area contributed by atoms with E-state index in [9.17, 15) is 9.59 Å². The Morgan fingerprint density at radius 1 is 1.11 bits per heavy atom. The van der Waals surface area contributed by atoms with Crippen LogP contribution < -0.4 is 5.32 Å². The van der Waals surface area contributed by atoms with Gasteiger partial charge in [-0.05, 0) is 58.1 Å². The molecule has 0 radical (unpaired) electrons. The molecule has 0 spiro atoms. The lowest BCUT2D eigenvalue weighted by Crippen LogP contribution is -2.52. The Morgan fingerprint density at radius 3 is 2.52 bits per heavy atom. The second kappa shape index (κ2) is 8.87. The van der Waals surface area contributed by atoms with Gasteiger partial charge >= 0.3 is 0 Å². The summed E-state index contributed by atoms with van der Waals surface area (Å²) in [4.78, 5) is 29.6. The summed E-state index contributed by atoms with van der Waals surface area (Å²) in [6.07, 6.45) is 5.15. The van der Waals surface area contributed by atoms with Gasteiger partial charge in [0, 0.05) is 49.7 Å². The van der Waals surface area contributed by atoms with Crippen LogP contribution in [0, 0.1) is 6.92 Å². The highest BCUT2D eigenvalue weighted by Gasteiger charge is 2.36. The summed E-state index contributed by atoms with van der Waals surface area (Å²) in [5.74, 6) is 0.0569. The predicted molar refractivity (Wildman–Crippen MR) is 108 cm³/mol. The zero-order valence-corrected chi connectivity index (χ0v) is 16.9. The maximum atomic E-state index is 12.7. The van der Waals surface area contributed by atoms with Crippen LogP contribution in [-0.2, 0) is 4.79 Å². The Hall–Kier alpha value is -1.88. The molecule has 5 nitrogen and oxygen atoms in total. The Labute approximate surface area is 163 Å². The quantitative estimate of drug-likeness (QED) is 0.866. The molecule has 1 aromatic rings. The minimum absolute atomic E-state index is 0.0999. The van der Waals surface area contributed by atoms with E-state index < -0.39 is 0 Å². The molecule has 5 heteroatoms. The number of aryl methyl sites for hydroxylation is 1. The Balaban J connectivity index is 1.48. The van der Waals surface area contributed by atoms with Crippen molar-refractivity contribution < 1.29 is 9.59 Å². The van der Waals surface area contributed by atoms with Crippen molar-refractivity contribution in [2.45, 2.75) is 71.0 Å². The number of hydrogen-bond donors (Lipinski definition) is 1. The normalized spacial score (nSPS) is 26.2. The maximum absolute atomic E-state index is 12.7. The first kappa shape index (κ1) is 19.9. The van der Waals surface area contributed by atoms with Crippen LogP contribution in [0.5, 0.6) is 0 Å². The number of piperidine rings is 1. The number of likely N-dealkylation sites (tertiary alicyclic amines) is 2. The molecule has 0 saturated carbocycles. The van der Waals surface area contributed by atoms with E-state index in [0.29, 0.717) is 36.7 Å². The van der Waals surface area contributed by atoms with Gasteiger partial charge < -0.3 is 10.2 Å².